The number of rotatable bonds is 5. The third kappa shape index (κ3) is 3.38. The van der Waals surface area contributed by atoms with Gasteiger partial charge in [-0.3, -0.25) is 4.79 Å². The Kier molecular flexibility index (Phi) is 4.68. The Morgan fingerprint density at radius 3 is 2.55 bits per heavy atom. The van der Waals surface area contributed by atoms with Crippen LogP contribution in [0.5, 0.6) is 23.0 Å². The van der Waals surface area contributed by atoms with E-state index < -0.39 is 5.78 Å². The van der Waals surface area contributed by atoms with Gasteiger partial charge in [-0.2, -0.15) is 0 Å². The second-order valence-corrected chi connectivity index (χ2v) is 4.52. The molecule has 0 aliphatic rings. The quantitative estimate of drug-likeness (QED) is 0.655. The third-order valence-corrected chi connectivity index (χ3v) is 3.05. The lowest BCUT2D eigenvalue weighted by molar-refractivity contribution is 0.104. The summed E-state index contributed by atoms with van der Waals surface area (Å²) in [7, 11) is 2.92. The van der Waals surface area contributed by atoms with Crippen molar-refractivity contribution in [2.45, 2.75) is 0 Å². The molecule has 22 heavy (non-hydrogen) atoms. The first kappa shape index (κ1) is 15.4. The van der Waals surface area contributed by atoms with Gasteiger partial charge in [-0.15, -0.1) is 0 Å². The number of phenols is 2. The fourth-order valence-electron chi connectivity index (χ4n) is 2.00. The molecule has 0 radical (unpaired) electrons. The monoisotopic (exact) mass is 300 g/mol. The molecule has 2 aromatic rings. The van der Waals surface area contributed by atoms with E-state index in [1.165, 1.54) is 19.3 Å². The van der Waals surface area contributed by atoms with E-state index in [0.29, 0.717) is 5.75 Å². The molecule has 0 aliphatic heterocycles. The molecule has 0 saturated carbocycles. The van der Waals surface area contributed by atoms with Crippen molar-refractivity contribution in [1.82, 2.24) is 0 Å². The highest BCUT2D eigenvalue weighted by Crippen LogP contribution is 2.33. The molecule has 0 spiro atoms. The van der Waals surface area contributed by atoms with Crippen molar-refractivity contribution in [2.24, 2.45) is 0 Å². The maximum absolute atomic E-state index is 12.2. The molecular formula is C17H16O5. The summed E-state index contributed by atoms with van der Waals surface area (Å²) in [6, 6.07) is 9.56. The fraction of sp³-hybridized carbons (Fsp3) is 0.118. The van der Waals surface area contributed by atoms with Crippen LogP contribution in [-0.4, -0.2) is 30.2 Å². The Hall–Kier alpha value is -2.95. The molecule has 2 rings (SSSR count). The third-order valence-electron chi connectivity index (χ3n) is 3.05. The summed E-state index contributed by atoms with van der Waals surface area (Å²) < 4.78 is 10.1. The molecule has 0 aromatic heterocycles. The summed E-state index contributed by atoms with van der Waals surface area (Å²) in [4.78, 5) is 12.2. The Morgan fingerprint density at radius 1 is 1.09 bits per heavy atom. The number of carbonyl (C=O) groups excluding carboxylic acids is 1. The maximum atomic E-state index is 12.2. The lowest BCUT2D eigenvalue weighted by Gasteiger charge is -2.08. The SMILES string of the molecule is COc1cccc(C=CC(=O)c2c(O)cc(O)cc2OC)c1. The number of benzene rings is 2. The number of phenolic OH excluding ortho intramolecular Hbond substituents is 2. The Bertz CT molecular complexity index is 719. The molecule has 0 aliphatic carbocycles. The number of allylic oxidation sites excluding steroid dienone is 1. The van der Waals surface area contributed by atoms with E-state index in [2.05, 4.69) is 0 Å². The molecule has 5 nitrogen and oxygen atoms in total. The number of hydrogen-bond acceptors (Lipinski definition) is 5. The van der Waals surface area contributed by atoms with Gasteiger partial charge in [0.15, 0.2) is 5.78 Å². The van der Waals surface area contributed by atoms with Gasteiger partial charge in [0.1, 0.15) is 28.6 Å². The summed E-state index contributed by atoms with van der Waals surface area (Å²) in [5.74, 6) is -0.158. The number of methoxy groups -OCH3 is 2. The van der Waals surface area contributed by atoms with Gasteiger partial charge in [0.25, 0.3) is 0 Å². The van der Waals surface area contributed by atoms with Gasteiger partial charge in [0.2, 0.25) is 0 Å². The van der Waals surface area contributed by atoms with E-state index in [0.717, 1.165) is 11.6 Å². The van der Waals surface area contributed by atoms with E-state index >= 15 is 0 Å². The van der Waals surface area contributed by atoms with Crippen LogP contribution >= 0.6 is 0 Å². The van der Waals surface area contributed by atoms with Gasteiger partial charge in [-0.05, 0) is 23.8 Å². The van der Waals surface area contributed by atoms with Crippen LogP contribution in [0.2, 0.25) is 0 Å². The molecule has 2 N–H and O–H groups in total. The molecular weight excluding hydrogens is 284 g/mol. The van der Waals surface area contributed by atoms with Crippen LogP contribution in [0.25, 0.3) is 6.08 Å². The maximum Gasteiger partial charge on any atom is 0.193 e. The molecule has 0 bridgehead atoms. The van der Waals surface area contributed by atoms with Crippen LogP contribution in [-0.2, 0) is 0 Å². The first-order valence-corrected chi connectivity index (χ1v) is 6.51. The summed E-state index contributed by atoms with van der Waals surface area (Å²) in [6.07, 6.45) is 2.93. The standard InChI is InChI=1S/C17H16O5/c1-21-13-5-3-4-11(8-13)6-7-14(19)17-15(20)9-12(18)10-16(17)22-2/h3-10,18,20H,1-2H3. The predicted molar refractivity (Wildman–Crippen MR) is 82.7 cm³/mol. The zero-order valence-corrected chi connectivity index (χ0v) is 12.2. The minimum atomic E-state index is -0.433. The molecule has 5 heteroatoms. The zero-order chi connectivity index (χ0) is 16.1. The minimum Gasteiger partial charge on any atom is -0.508 e. The number of ketones is 1. The van der Waals surface area contributed by atoms with Gasteiger partial charge in [-0.25, -0.2) is 0 Å². The number of ether oxygens (including phenoxy) is 2. The summed E-state index contributed by atoms with van der Waals surface area (Å²) in [6.45, 7) is 0. The van der Waals surface area contributed by atoms with Crippen molar-refractivity contribution in [3.05, 3.63) is 53.6 Å². The average Bonchev–Trinajstić information content (AvgIpc) is 2.52. The summed E-state index contributed by atoms with van der Waals surface area (Å²) >= 11 is 0. The van der Waals surface area contributed by atoms with E-state index in [4.69, 9.17) is 9.47 Å². The van der Waals surface area contributed by atoms with Crippen LogP contribution < -0.4 is 9.47 Å². The van der Waals surface area contributed by atoms with Crippen molar-refractivity contribution in [3.63, 3.8) is 0 Å². The smallest absolute Gasteiger partial charge is 0.193 e. The second kappa shape index (κ2) is 6.67. The van der Waals surface area contributed by atoms with Gasteiger partial charge < -0.3 is 19.7 Å². The van der Waals surface area contributed by atoms with Crippen molar-refractivity contribution in [3.8, 4) is 23.0 Å². The highest BCUT2D eigenvalue weighted by molar-refractivity contribution is 6.10. The lowest BCUT2D eigenvalue weighted by atomic mass is 10.1. The number of aromatic hydroxyl groups is 2. The second-order valence-electron chi connectivity index (χ2n) is 4.52. The van der Waals surface area contributed by atoms with E-state index in [1.807, 2.05) is 12.1 Å². The highest BCUT2D eigenvalue weighted by atomic mass is 16.5. The van der Waals surface area contributed by atoms with E-state index in [-0.39, 0.29) is 22.8 Å². The van der Waals surface area contributed by atoms with Gasteiger partial charge in [0.05, 0.1) is 14.2 Å². The molecule has 0 unspecified atom stereocenters. The normalized spacial score (nSPS) is 10.6. The van der Waals surface area contributed by atoms with Crippen molar-refractivity contribution in [1.29, 1.82) is 0 Å². The average molecular weight is 300 g/mol. The molecule has 0 fully saturated rings. The Labute approximate surface area is 128 Å². The summed E-state index contributed by atoms with van der Waals surface area (Å²) in [5.41, 5.74) is 0.782. The lowest BCUT2D eigenvalue weighted by Crippen LogP contribution is -1.99. The first-order valence-electron chi connectivity index (χ1n) is 6.51. The molecule has 0 amide bonds. The van der Waals surface area contributed by atoms with Gasteiger partial charge in [0, 0.05) is 12.1 Å². The molecule has 0 atom stereocenters. The van der Waals surface area contributed by atoms with Crippen LogP contribution in [0, 0.1) is 0 Å². The number of carbonyl (C=O) groups is 1. The Balaban J connectivity index is 2.31. The fourth-order valence-corrected chi connectivity index (χ4v) is 2.00. The van der Waals surface area contributed by atoms with E-state index in [9.17, 15) is 15.0 Å². The highest BCUT2D eigenvalue weighted by Gasteiger charge is 2.16. The van der Waals surface area contributed by atoms with Gasteiger partial charge >= 0.3 is 0 Å². The largest absolute Gasteiger partial charge is 0.508 e. The van der Waals surface area contributed by atoms with Crippen LogP contribution in [0.15, 0.2) is 42.5 Å². The molecule has 2 aromatic carbocycles. The topological polar surface area (TPSA) is 76.0 Å². The Morgan fingerprint density at radius 2 is 1.86 bits per heavy atom. The molecule has 0 heterocycles. The van der Waals surface area contributed by atoms with Crippen LogP contribution in [0.3, 0.4) is 0 Å². The number of hydrogen-bond donors (Lipinski definition) is 2. The van der Waals surface area contributed by atoms with Crippen LogP contribution in [0.1, 0.15) is 15.9 Å². The molecule has 114 valence electrons. The molecule has 0 saturated heterocycles. The van der Waals surface area contributed by atoms with Gasteiger partial charge in [-0.1, -0.05) is 18.2 Å². The van der Waals surface area contributed by atoms with Crippen molar-refractivity contribution < 1.29 is 24.5 Å². The van der Waals surface area contributed by atoms with E-state index in [1.54, 1.807) is 25.3 Å². The van der Waals surface area contributed by atoms with Crippen LogP contribution in [0.4, 0.5) is 0 Å². The zero-order valence-electron chi connectivity index (χ0n) is 12.2. The van der Waals surface area contributed by atoms with Crippen molar-refractivity contribution in [2.75, 3.05) is 14.2 Å². The summed E-state index contributed by atoms with van der Waals surface area (Å²) in [5, 5.41) is 19.3. The minimum absolute atomic E-state index is 0.000513. The van der Waals surface area contributed by atoms with Crippen molar-refractivity contribution >= 4 is 11.9 Å². The predicted octanol–water partition coefficient (Wildman–Crippen LogP) is 3.01. The first-order chi connectivity index (χ1) is 10.5.